The number of hydrogen-bond acceptors (Lipinski definition) is 1. The molecule has 0 heterocycles. The minimum Gasteiger partial charge on any atom is -0.0622 e. The van der Waals surface area contributed by atoms with Crippen molar-refractivity contribution in [2.24, 2.45) is 0 Å². The first-order chi connectivity index (χ1) is 16.8. The first-order valence-corrected chi connectivity index (χ1v) is 12.7. The van der Waals surface area contributed by atoms with Gasteiger partial charge in [-0.15, -0.1) is 0 Å². The Labute approximate surface area is 200 Å². The van der Waals surface area contributed by atoms with Crippen molar-refractivity contribution in [1.29, 1.82) is 0 Å². The summed E-state index contributed by atoms with van der Waals surface area (Å²) in [6, 6.07) is 45.8. The van der Waals surface area contributed by atoms with Gasteiger partial charge in [0.25, 0.3) is 0 Å². The molecule has 0 N–H and O–H groups in total. The molecule has 0 spiro atoms. The predicted octanol–water partition coefficient (Wildman–Crippen LogP) is 8.11. The second kappa shape index (κ2) is 8.71. The summed E-state index contributed by atoms with van der Waals surface area (Å²) in [7, 11) is -1.68. The van der Waals surface area contributed by atoms with Crippen LogP contribution in [-0.4, -0.2) is 0 Å². The van der Waals surface area contributed by atoms with Gasteiger partial charge in [-0.3, -0.25) is 0 Å². The fourth-order valence-corrected chi connectivity index (χ4v) is 6.03. The molecule has 0 saturated carbocycles. The van der Waals surface area contributed by atoms with Gasteiger partial charge in [0.15, 0.2) is 10.6 Å². The average Bonchev–Trinajstić information content (AvgIpc) is 2.92. The normalized spacial score (nSPS) is 11.6. The van der Waals surface area contributed by atoms with Crippen molar-refractivity contribution in [1.82, 2.24) is 0 Å². The molecule has 0 amide bonds. The number of benzene rings is 6. The van der Waals surface area contributed by atoms with Crippen LogP contribution in [0.4, 0.5) is 0 Å². The highest BCUT2D eigenvalue weighted by Gasteiger charge is 2.25. The molecule has 0 fully saturated rings. The largest absolute Gasteiger partial charge is 0.415 e. The van der Waals surface area contributed by atoms with Crippen molar-refractivity contribution in [2.75, 3.05) is 0 Å². The van der Waals surface area contributed by atoms with Gasteiger partial charge >= 0.3 is 7.80 Å². The highest BCUT2D eigenvalue weighted by atomic mass is 31.1. The summed E-state index contributed by atoms with van der Waals surface area (Å²) in [4.78, 5) is 0. The minimum atomic E-state index is -1.68. The molecular formula is C32H22OP+. The van der Waals surface area contributed by atoms with E-state index in [9.17, 15) is 4.57 Å². The van der Waals surface area contributed by atoms with Crippen LogP contribution in [0.5, 0.6) is 0 Å². The van der Waals surface area contributed by atoms with E-state index in [1.165, 1.54) is 32.8 Å². The maximum absolute atomic E-state index is 13.5. The maximum atomic E-state index is 13.5. The van der Waals surface area contributed by atoms with Crippen LogP contribution in [0.25, 0.3) is 43.8 Å². The van der Waals surface area contributed by atoms with Gasteiger partial charge in [0.2, 0.25) is 0 Å². The van der Waals surface area contributed by atoms with E-state index in [4.69, 9.17) is 0 Å². The van der Waals surface area contributed by atoms with Crippen LogP contribution < -0.4 is 10.6 Å². The molecule has 6 aromatic rings. The Hall–Kier alpha value is -4.06. The third-order valence-electron chi connectivity index (χ3n) is 6.36. The second-order valence-electron chi connectivity index (χ2n) is 8.39. The van der Waals surface area contributed by atoms with Gasteiger partial charge in [0.05, 0.1) is 0 Å². The summed E-state index contributed by atoms with van der Waals surface area (Å²) in [5, 5.41) is 6.42. The molecule has 1 nitrogen and oxygen atoms in total. The second-order valence-corrected chi connectivity index (χ2v) is 10.0. The lowest BCUT2D eigenvalue weighted by Gasteiger charge is -2.17. The number of rotatable bonds is 4. The van der Waals surface area contributed by atoms with E-state index in [0.717, 1.165) is 21.6 Å². The summed E-state index contributed by atoms with van der Waals surface area (Å²) >= 11 is 0. The Balaban J connectivity index is 1.74. The lowest BCUT2D eigenvalue weighted by atomic mass is 9.86. The molecule has 0 radical (unpaired) electrons. The fraction of sp³-hybridized carbons (Fsp3) is 0. The van der Waals surface area contributed by atoms with E-state index in [1.807, 2.05) is 42.5 Å². The molecule has 6 aromatic carbocycles. The van der Waals surface area contributed by atoms with Gasteiger partial charge in [-0.1, -0.05) is 108 Å². The van der Waals surface area contributed by atoms with Gasteiger partial charge in [-0.25, -0.2) is 0 Å². The molecule has 0 aliphatic carbocycles. The topological polar surface area (TPSA) is 17.1 Å². The van der Waals surface area contributed by atoms with E-state index in [-0.39, 0.29) is 0 Å². The van der Waals surface area contributed by atoms with E-state index < -0.39 is 7.80 Å². The smallest absolute Gasteiger partial charge is 0.0622 e. The zero-order valence-corrected chi connectivity index (χ0v) is 19.5. The van der Waals surface area contributed by atoms with Crippen LogP contribution in [0.1, 0.15) is 0 Å². The summed E-state index contributed by atoms with van der Waals surface area (Å²) in [5.41, 5.74) is 4.75. The van der Waals surface area contributed by atoms with Gasteiger partial charge in [0.1, 0.15) is 0 Å². The van der Waals surface area contributed by atoms with Crippen molar-refractivity contribution in [3.63, 3.8) is 0 Å². The average molecular weight is 454 g/mol. The Morgan fingerprint density at radius 2 is 0.824 bits per heavy atom. The van der Waals surface area contributed by atoms with E-state index in [2.05, 4.69) is 91.0 Å². The molecule has 0 aliphatic rings. The Morgan fingerprint density at radius 3 is 1.38 bits per heavy atom. The van der Waals surface area contributed by atoms with Gasteiger partial charge in [-0.05, 0) is 68.1 Å². The van der Waals surface area contributed by atoms with Gasteiger partial charge in [-0.2, -0.15) is 0 Å². The van der Waals surface area contributed by atoms with E-state index >= 15 is 0 Å². The highest BCUT2D eigenvalue weighted by molar-refractivity contribution is 7.61. The summed E-state index contributed by atoms with van der Waals surface area (Å²) in [5.74, 6) is 0. The Morgan fingerprint density at radius 1 is 0.382 bits per heavy atom. The highest BCUT2D eigenvalue weighted by Crippen LogP contribution is 2.43. The van der Waals surface area contributed by atoms with Crippen molar-refractivity contribution < 1.29 is 4.57 Å². The molecule has 0 aliphatic heterocycles. The number of hydrogen-bond donors (Lipinski definition) is 0. The molecule has 2 heteroatoms. The predicted molar refractivity (Wildman–Crippen MR) is 146 cm³/mol. The van der Waals surface area contributed by atoms with Crippen molar-refractivity contribution in [2.45, 2.75) is 0 Å². The first kappa shape index (κ1) is 20.5. The van der Waals surface area contributed by atoms with Crippen LogP contribution in [0.3, 0.4) is 0 Å². The third kappa shape index (κ3) is 3.52. The van der Waals surface area contributed by atoms with Gasteiger partial charge in [0, 0.05) is 6.07 Å². The first-order valence-electron chi connectivity index (χ1n) is 11.4. The Bertz CT molecular complexity index is 1640. The summed E-state index contributed by atoms with van der Waals surface area (Å²) in [6.45, 7) is 0. The van der Waals surface area contributed by atoms with Crippen LogP contribution in [-0.2, 0) is 4.57 Å². The van der Waals surface area contributed by atoms with Crippen LogP contribution in [0.15, 0.2) is 133 Å². The zero-order chi connectivity index (χ0) is 22.9. The molecule has 0 bridgehead atoms. The lowest BCUT2D eigenvalue weighted by Crippen LogP contribution is -2.06. The van der Waals surface area contributed by atoms with Crippen molar-refractivity contribution in [3.8, 4) is 22.3 Å². The monoisotopic (exact) mass is 453 g/mol. The molecule has 34 heavy (non-hydrogen) atoms. The molecule has 6 rings (SSSR count). The third-order valence-corrected chi connectivity index (χ3v) is 7.87. The summed E-state index contributed by atoms with van der Waals surface area (Å²) in [6.07, 6.45) is 0. The van der Waals surface area contributed by atoms with Crippen LogP contribution in [0.2, 0.25) is 0 Å². The molecular weight excluding hydrogens is 431 g/mol. The van der Waals surface area contributed by atoms with Crippen molar-refractivity contribution >= 4 is 40.0 Å². The summed E-state index contributed by atoms with van der Waals surface area (Å²) < 4.78 is 13.5. The van der Waals surface area contributed by atoms with E-state index in [1.54, 1.807) is 0 Å². The van der Waals surface area contributed by atoms with Gasteiger partial charge < -0.3 is 0 Å². The van der Waals surface area contributed by atoms with Crippen LogP contribution >= 0.6 is 7.80 Å². The number of fused-ring (bicyclic) bond motifs is 2. The minimum absolute atomic E-state index is 0.847. The molecule has 160 valence electrons. The Kier molecular flexibility index (Phi) is 5.26. The quantitative estimate of drug-likeness (QED) is 0.195. The molecule has 1 unspecified atom stereocenters. The van der Waals surface area contributed by atoms with Crippen molar-refractivity contribution in [3.05, 3.63) is 133 Å². The standard InChI is InChI=1S/C32H22OP/c33-34(25-16-8-3-9-17-25)26-20-21-29-30(22-26)32(24-14-6-2-7-15-24)28-19-11-10-18-27(28)31(29)23-12-4-1-5-13-23/h1-22H/q+1. The fourth-order valence-electron chi connectivity index (χ4n) is 4.84. The SMILES string of the molecule is O=[P+](c1ccccc1)c1ccc2c(-c3ccccc3)c3ccccc3c(-c3ccccc3)c2c1. The van der Waals surface area contributed by atoms with E-state index in [0.29, 0.717) is 0 Å². The molecule has 1 atom stereocenters. The zero-order valence-electron chi connectivity index (χ0n) is 18.6. The van der Waals surface area contributed by atoms with Crippen LogP contribution in [0, 0.1) is 0 Å². The maximum Gasteiger partial charge on any atom is 0.415 e. The lowest BCUT2D eigenvalue weighted by molar-refractivity contribution is 0.598. The molecule has 0 saturated heterocycles. The molecule has 0 aromatic heterocycles.